The molecular weight excluding hydrogens is 244 g/mol. The molecular formula is C15H20O4. The number of hydrogen-bond acceptors (Lipinski definition) is 3. The SMILES string of the molecule is CCOC(=O)C(CCCc1ccccc1)CC(=O)O. The van der Waals surface area contributed by atoms with Crippen LogP contribution in [0.25, 0.3) is 0 Å². The predicted octanol–water partition coefficient (Wildman–Crippen LogP) is 2.66. The number of carboxylic acid groups (broad SMARTS) is 1. The standard InChI is InChI=1S/C15H20O4/c1-2-19-15(18)13(11-14(16)17)10-6-9-12-7-4-3-5-8-12/h3-5,7-8,13H,2,6,9-11H2,1H3,(H,16,17). The van der Waals surface area contributed by atoms with Crippen LogP contribution in [0.3, 0.4) is 0 Å². The van der Waals surface area contributed by atoms with Crippen LogP contribution in [0.4, 0.5) is 0 Å². The number of aliphatic carboxylic acids is 1. The van der Waals surface area contributed by atoms with Crippen molar-refractivity contribution in [2.24, 2.45) is 5.92 Å². The maximum absolute atomic E-state index is 11.6. The van der Waals surface area contributed by atoms with Gasteiger partial charge in [-0.3, -0.25) is 9.59 Å². The van der Waals surface area contributed by atoms with E-state index in [1.807, 2.05) is 30.3 Å². The van der Waals surface area contributed by atoms with E-state index in [1.165, 1.54) is 5.56 Å². The van der Waals surface area contributed by atoms with Crippen LogP contribution in [0, 0.1) is 5.92 Å². The van der Waals surface area contributed by atoms with Crippen molar-refractivity contribution in [3.63, 3.8) is 0 Å². The average molecular weight is 264 g/mol. The number of ether oxygens (including phenoxy) is 1. The van der Waals surface area contributed by atoms with Crippen LogP contribution in [-0.2, 0) is 20.7 Å². The quantitative estimate of drug-likeness (QED) is 0.733. The first-order valence-electron chi connectivity index (χ1n) is 6.55. The van der Waals surface area contributed by atoms with Crippen LogP contribution in [0.15, 0.2) is 30.3 Å². The summed E-state index contributed by atoms with van der Waals surface area (Å²) < 4.78 is 4.91. The highest BCUT2D eigenvalue weighted by atomic mass is 16.5. The van der Waals surface area contributed by atoms with Gasteiger partial charge in [0.25, 0.3) is 0 Å². The number of aryl methyl sites for hydroxylation is 1. The normalized spacial score (nSPS) is 11.8. The Morgan fingerprint density at radius 2 is 1.95 bits per heavy atom. The Bertz CT molecular complexity index is 400. The summed E-state index contributed by atoms with van der Waals surface area (Å²) in [4.78, 5) is 22.4. The van der Waals surface area contributed by atoms with Gasteiger partial charge >= 0.3 is 11.9 Å². The van der Waals surface area contributed by atoms with Gasteiger partial charge in [0.2, 0.25) is 0 Å². The second-order valence-corrected chi connectivity index (χ2v) is 4.42. The number of carbonyl (C=O) groups excluding carboxylic acids is 1. The molecule has 0 aromatic heterocycles. The Morgan fingerprint density at radius 3 is 2.53 bits per heavy atom. The van der Waals surface area contributed by atoms with Crippen LogP contribution in [0.5, 0.6) is 0 Å². The number of carbonyl (C=O) groups is 2. The summed E-state index contributed by atoms with van der Waals surface area (Å²) in [6, 6.07) is 9.94. The number of carboxylic acids is 1. The summed E-state index contributed by atoms with van der Waals surface area (Å²) in [7, 11) is 0. The Hall–Kier alpha value is -1.84. The second-order valence-electron chi connectivity index (χ2n) is 4.42. The van der Waals surface area contributed by atoms with Crippen LogP contribution in [0.1, 0.15) is 31.7 Å². The van der Waals surface area contributed by atoms with Gasteiger partial charge in [-0.2, -0.15) is 0 Å². The minimum absolute atomic E-state index is 0.159. The molecule has 0 bridgehead atoms. The summed E-state index contributed by atoms with van der Waals surface area (Å²) in [6.45, 7) is 2.01. The molecule has 0 saturated heterocycles. The van der Waals surface area contributed by atoms with Gasteiger partial charge in [0, 0.05) is 0 Å². The lowest BCUT2D eigenvalue weighted by Gasteiger charge is -2.13. The highest BCUT2D eigenvalue weighted by molar-refractivity contribution is 5.79. The molecule has 0 aliphatic heterocycles. The zero-order chi connectivity index (χ0) is 14.1. The molecule has 0 saturated carbocycles. The second kappa shape index (κ2) is 8.29. The van der Waals surface area contributed by atoms with E-state index in [4.69, 9.17) is 9.84 Å². The minimum Gasteiger partial charge on any atom is -0.481 e. The van der Waals surface area contributed by atoms with Crippen LogP contribution >= 0.6 is 0 Å². The molecule has 1 rings (SSSR count). The maximum atomic E-state index is 11.6. The lowest BCUT2D eigenvalue weighted by molar-refractivity contribution is -0.153. The Labute approximate surface area is 113 Å². The van der Waals surface area contributed by atoms with E-state index in [2.05, 4.69) is 0 Å². The molecule has 4 nitrogen and oxygen atoms in total. The fourth-order valence-electron chi connectivity index (χ4n) is 1.97. The van der Waals surface area contributed by atoms with Gasteiger partial charge in [-0.25, -0.2) is 0 Å². The average Bonchev–Trinajstić information content (AvgIpc) is 2.38. The number of esters is 1. The third-order valence-electron chi connectivity index (χ3n) is 2.90. The Balaban J connectivity index is 2.44. The summed E-state index contributed by atoms with van der Waals surface area (Å²) in [5.74, 6) is -1.91. The molecule has 1 aromatic rings. The molecule has 1 unspecified atom stereocenters. The van der Waals surface area contributed by atoms with Crippen LogP contribution in [-0.4, -0.2) is 23.7 Å². The fraction of sp³-hybridized carbons (Fsp3) is 0.467. The molecule has 104 valence electrons. The molecule has 0 aliphatic rings. The van der Waals surface area contributed by atoms with E-state index in [1.54, 1.807) is 6.92 Å². The molecule has 0 radical (unpaired) electrons. The van der Waals surface area contributed by atoms with Crippen molar-refractivity contribution in [1.29, 1.82) is 0 Å². The first-order valence-corrected chi connectivity index (χ1v) is 6.55. The lowest BCUT2D eigenvalue weighted by Crippen LogP contribution is -2.21. The maximum Gasteiger partial charge on any atom is 0.309 e. The molecule has 1 aromatic carbocycles. The number of hydrogen-bond donors (Lipinski definition) is 1. The zero-order valence-corrected chi connectivity index (χ0v) is 11.2. The summed E-state index contributed by atoms with van der Waals surface area (Å²) in [6.07, 6.45) is 2.00. The van der Waals surface area contributed by atoms with E-state index < -0.39 is 17.9 Å². The van der Waals surface area contributed by atoms with Crippen molar-refractivity contribution >= 4 is 11.9 Å². The highest BCUT2D eigenvalue weighted by Crippen LogP contribution is 2.16. The van der Waals surface area contributed by atoms with Gasteiger partial charge < -0.3 is 9.84 Å². The van der Waals surface area contributed by atoms with Crippen LogP contribution < -0.4 is 0 Å². The third-order valence-corrected chi connectivity index (χ3v) is 2.90. The topological polar surface area (TPSA) is 63.6 Å². The summed E-state index contributed by atoms with van der Waals surface area (Å²) in [5, 5.41) is 8.81. The van der Waals surface area contributed by atoms with E-state index >= 15 is 0 Å². The smallest absolute Gasteiger partial charge is 0.309 e. The van der Waals surface area contributed by atoms with Crippen molar-refractivity contribution in [3.8, 4) is 0 Å². The lowest BCUT2D eigenvalue weighted by atomic mass is 9.97. The highest BCUT2D eigenvalue weighted by Gasteiger charge is 2.22. The van der Waals surface area contributed by atoms with Crippen molar-refractivity contribution in [2.45, 2.75) is 32.6 Å². The van der Waals surface area contributed by atoms with Crippen molar-refractivity contribution in [2.75, 3.05) is 6.61 Å². The van der Waals surface area contributed by atoms with Gasteiger partial charge in [0.15, 0.2) is 0 Å². The minimum atomic E-state index is -0.960. The largest absolute Gasteiger partial charge is 0.481 e. The number of rotatable bonds is 8. The van der Waals surface area contributed by atoms with E-state index in [0.29, 0.717) is 6.42 Å². The molecule has 1 atom stereocenters. The van der Waals surface area contributed by atoms with Gasteiger partial charge in [-0.1, -0.05) is 30.3 Å². The fourth-order valence-corrected chi connectivity index (χ4v) is 1.97. The molecule has 4 heteroatoms. The number of benzene rings is 1. The van der Waals surface area contributed by atoms with Crippen molar-refractivity contribution in [1.82, 2.24) is 0 Å². The summed E-state index contributed by atoms with van der Waals surface area (Å²) in [5.41, 5.74) is 1.19. The van der Waals surface area contributed by atoms with Crippen LogP contribution in [0.2, 0.25) is 0 Å². The van der Waals surface area contributed by atoms with E-state index in [-0.39, 0.29) is 13.0 Å². The first-order chi connectivity index (χ1) is 9.13. The monoisotopic (exact) mass is 264 g/mol. The predicted molar refractivity (Wildman–Crippen MR) is 71.8 cm³/mol. The van der Waals surface area contributed by atoms with E-state index in [0.717, 1.165) is 12.8 Å². The molecule has 0 amide bonds. The van der Waals surface area contributed by atoms with Crippen molar-refractivity contribution < 1.29 is 19.4 Å². The van der Waals surface area contributed by atoms with Gasteiger partial charge in [-0.05, 0) is 31.7 Å². The van der Waals surface area contributed by atoms with Gasteiger partial charge in [0.1, 0.15) is 0 Å². The Morgan fingerprint density at radius 1 is 1.26 bits per heavy atom. The third kappa shape index (κ3) is 6.04. The molecule has 0 aliphatic carbocycles. The molecule has 19 heavy (non-hydrogen) atoms. The molecule has 1 N–H and O–H groups in total. The Kier molecular flexibility index (Phi) is 6.64. The summed E-state index contributed by atoms with van der Waals surface area (Å²) >= 11 is 0. The van der Waals surface area contributed by atoms with E-state index in [9.17, 15) is 9.59 Å². The van der Waals surface area contributed by atoms with Gasteiger partial charge in [-0.15, -0.1) is 0 Å². The molecule has 0 heterocycles. The molecule has 0 spiro atoms. The zero-order valence-electron chi connectivity index (χ0n) is 11.2. The van der Waals surface area contributed by atoms with Crippen molar-refractivity contribution in [3.05, 3.63) is 35.9 Å². The van der Waals surface area contributed by atoms with Gasteiger partial charge in [0.05, 0.1) is 18.9 Å². The molecule has 0 fully saturated rings. The first kappa shape index (κ1) is 15.2.